The molecule has 4 N–H and O–H groups in total. The van der Waals surface area contributed by atoms with E-state index in [1.165, 1.54) is 13.1 Å². The van der Waals surface area contributed by atoms with Crippen molar-refractivity contribution in [1.82, 2.24) is 5.32 Å². The van der Waals surface area contributed by atoms with E-state index in [0.717, 1.165) is 0 Å². The molecule has 0 spiro atoms. The number of likely N-dealkylation sites (N-methyl/N-ethyl adjacent to an activating group) is 1. The average molecular weight is 279 g/mol. The lowest BCUT2D eigenvalue weighted by Gasteiger charge is -2.37. The highest BCUT2D eigenvalue weighted by Gasteiger charge is 2.32. The summed E-state index contributed by atoms with van der Waals surface area (Å²) in [6.45, 7) is 1.03. The van der Waals surface area contributed by atoms with Crippen molar-refractivity contribution in [2.45, 2.75) is 6.04 Å². The second-order valence-electron chi connectivity index (χ2n) is 4.45. The third-order valence-corrected chi connectivity index (χ3v) is 3.26. The van der Waals surface area contributed by atoms with Gasteiger partial charge in [0.15, 0.2) is 0 Å². The first-order chi connectivity index (χ1) is 9.56. The Bertz CT molecular complexity index is 532. The molecule has 1 heterocycles. The Labute approximate surface area is 116 Å². The zero-order valence-electron chi connectivity index (χ0n) is 11.1. The van der Waals surface area contributed by atoms with Gasteiger partial charge >= 0.3 is 5.97 Å². The van der Waals surface area contributed by atoms with Crippen LogP contribution in [0.25, 0.3) is 0 Å². The Kier molecular flexibility index (Phi) is 4.09. The van der Waals surface area contributed by atoms with Crippen molar-refractivity contribution in [3.63, 3.8) is 0 Å². The number of nitrogen functional groups attached to an aromatic ring is 1. The first kappa shape index (κ1) is 14.1. The van der Waals surface area contributed by atoms with E-state index in [-0.39, 0.29) is 18.1 Å². The van der Waals surface area contributed by atoms with Gasteiger partial charge in [-0.2, -0.15) is 0 Å². The lowest BCUT2D eigenvalue weighted by atomic mass is 10.1. The maximum absolute atomic E-state index is 11.9. The molecule has 20 heavy (non-hydrogen) atoms. The van der Waals surface area contributed by atoms with E-state index in [2.05, 4.69) is 5.32 Å². The summed E-state index contributed by atoms with van der Waals surface area (Å²) in [6, 6.07) is 4.09. The van der Waals surface area contributed by atoms with E-state index in [0.29, 0.717) is 24.5 Å². The van der Waals surface area contributed by atoms with E-state index >= 15 is 0 Å². The van der Waals surface area contributed by atoms with Crippen LogP contribution in [0.1, 0.15) is 10.4 Å². The van der Waals surface area contributed by atoms with Gasteiger partial charge in [0.25, 0.3) is 0 Å². The van der Waals surface area contributed by atoms with Gasteiger partial charge in [0, 0.05) is 13.6 Å². The zero-order valence-corrected chi connectivity index (χ0v) is 11.1. The molecule has 1 saturated heterocycles. The summed E-state index contributed by atoms with van der Waals surface area (Å²) < 4.78 is 5.31. The summed E-state index contributed by atoms with van der Waals surface area (Å²) in [4.78, 5) is 25.0. The van der Waals surface area contributed by atoms with Crippen LogP contribution in [0.15, 0.2) is 18.2 Å². The van der Waals surface area contributed by atoms with Gasteiger partial charge in [0.1, 0.15) is 6.04 Å². The number of ether oxygens (including phenoxy) is 1. The molecule has 7 nitrogen and oxygen atoms in total. The van der Waals surface area contributed by atoms with E-state index in [9.17, 15) is 14.7 Å². The minimum absolute atomic E-state index is 0.0841. The number of aromatic carboxylic acids is 1. The number of nitrogens with two attached hydrogens (primary N) is 1. The Morgan fingerprint density at radius 1 is 1.50 bits per heavy atom. The highest BCUT2D eigenvalue weighted by atomic mass is 16.5. The van der Waals surface area contributed by atoms with Crippen molar-refractivity contribution in [1.29, 1.82) is 0 Å². The number of para-hydroxylation sites is 1. The molecule has 0 aromatic heterocycles. The number of nitrogens with one attached hydrogen (secondary N) is 1. The van der Waals surface area contributed by atoms with Crippen LogP contribution >= 0.6 is 0 Å². The van der Waals surface area contributed by atoms with Crippen LogP contribution in [0.4, 0.5) is 11.4 Å². The Hall–Kier alpha value is -2.28. The predicted octanol–water partition coefficient (Wildman–Crippen LogP) is -0.0818. The zero-order chi connectivity index (χ0) is 14.7. The van der Waals surface area contributed by atoms with Gasteiger partial charge in [-0.15, -0.1) is 0 Å². The van der Waals surface area contributed by atoms with Gasteiger partial charge in [0.2, 0.25) is 5.91 Å². The lowest BCUT2D eigenvalue weighted by Crippen LogP contribution is -2.54. The monoisotopic (exact) mass is 279 g/mol. The molecule has 7 heteroatoms. The molecule has 1 aliphatic rings. The van der Waals surface area contributed by atoms with Crippen LogP contribution in [-0.4, -0.2) is 49.8 Å². The van der Waals surface area contributed by atoms with Gasteiger partial charge < -0.3 is 25.8 Å². The topological polar surface area (TPSA) is 105 Å². The average Bonchev–Trinajstić information content (AvgIpc) is 2.46. The maximum atomic E-state index is 11.9. The van der Waals surface area contributed by atoms with Crippen molar-refractivity contribution in [2.24, 2.45) is 0 Å². The summed E-state index contributed by atoms with van der Waals surface area (Å²) in [5.74, 6) is -1.31. The van der Waals surface area contributed by atoms with Gasteiger partial charge in [0.05, 0.1) is 30.2 Å². The number of hydrogen-bond donors (Lipinski definition) is 3. The molecular weight excluding hydrogens is 262 g/mol. The van der Waals surface area contributed by atoms with Crippen molar-refractivity contribution in [3.05, 3.63) is 23.8 Å². The van der Waals surface area contributed by atoms with Gasteiger partial charge in [-0.05, 0) is 12.1 Å². The first-order valence-electron chi connectivity index (χ1n) is 6.24. The number of carboxylic acids is 1. The third-order valence-electron chi connectivity index (χ3n) is 3.26. The molecule has 1 unspecified atom stereocenters. The number of morpholine rings is 1. The van der Waals surface area contributed by atoms with E-state index in [4.69, 9.17) is 10.5 Å². The van der Waals surface area contributed by atoms with Crippen molar-refractivity contribution in [2.75, 3.05) is 37.4 Å². The van der Waals surface area contributed by atoms with Crippen molar-refractivity contribution < 1.29 is 19.4 Å². The number of anilines is 2. The number of amides is 1. The number of carbonyl (C=O) groups is 2. The standard InChI is InChI=1S/C13H17N3O4/c1-15-12(17)10-7-20-6-5-16(10)11-8(13(18)19)3-2-4-9(11)14/h2-4,10H,5-7,14H2,1H3,(H,15,17)(H,18,19). The number of carbonyl (C=O) groups excluding carboxylic acids is 1. The van der Waals surface area contributed by atoms with Gasteiger partial charge in [-0.3, -0.25) is 4.79 Å². The molecule has 0 saturated carbocycles. The number of benzene rings is 1. The number of nitrogens with zero attached hydrogens (tertiary/aromatic N) is 1. The Morgan fingerprint density at radius 3 is 2.90 bits per heavy atom. The molecule has 0 radical (unpaired) electrons. The highest BCUT2D eigenvalue weighted by Crippen LogP contribution is 2.30. The fraction of sp³-hybridized carbons (Fsp3) is 0.385. The van der Waals surface area contributed by atoms with Gasteiger partial charge in [-0.1, -0.05) is 6.07 Å². The Balaban J connectivity index is 2.47. The van der Waals surface area contributed by atoms with Crippen LogP contribution in [0, 0.1) is 0 Å². The minimum Gasteiger partial charge on any atom is -0.478 e. The van der Waals surface area contributed by atoms with Crippen molar-refractivity contribution >= 4 is 23.3 Å². The van der Waals surface area contributed by atoms with Crippen LogP contribution in [0.2, 0.25) is 0 Å². The predicted molar refractivity (Wildman–Crippen MR) is 73.8 cm³/mol. The minimum atomic E-state index is -1.07. The molecule has 1 fully saturated rings. The number of hydrogen-bond acceptors (Lipinski definition) is 5. The normalized spacial score (nSPS) is 18.6. The van der Waals surface area contributed by atoms with Crippen LogP contribution in [-0.2, 0) is 9.53 Å². The second-order valence-corrected chi connectivity index (χ2v) is 4.45. The van der Waals surface area contributed by atoms with E-state index in [1.807, 2.05) is 0 Å². The molecule has 1 aliphatic heterocycles. The molecule has 0 bridgehead atoms. The number of rotatable bonds is 3. The summed E-state index contributed by atoms with van der Waals surface area (Å²) >= 11 is 0. The van der Waals surface area contributed by atoms with E-state index in [1.54, 1.807) is 17.0 Å². The van der Waals surface area contributed by atoms with Crippen LogP contribution < -0.4 is 16.0 Å². The summed E-state index contributed by atoms with van der Waals surface area (Å²) in [7, 11) is 1.53. The van der Waals surface area contributed by atoms with Crippen LogP contribution in [0.3, 0.4) is 0 Å². The third kappa shape index (κ3) is 2.53. The smallest absolute Gasteiger partial charge is 0.337 e. The Morgan fingerprint density at radius 2 is 2.25 bits per heavy atom. The van der Waals surface area contributed by atoms with Gasteiger partial charge in [-0.25, -0.2) is 4.79 Å². The summed E-state index contributed by atoms with van der Waals surface area (Å²) in [5.41, 5.74) is 6.71. The largest absolute Gasteiger partial charge is 0.478 e. The number of carboxylic acid groups (broad SMARTS) is 1. The molecular formula is C13H17N3O4. The fourth-order valence-corrected chi connectivity index (χ4v) is 2.31. The molecule has 108 valence electrons. The second kappa shape index (κ2) is 5.79. The SMILES string of the molecule is CNC(=O)C1COCCN1c1c(N)cccc1C(=O)O. The molecule has 2 rings (SSSR count). The quantitative estimate of drug-likeness (QED) is 0.668. The highest BCUT2D eigenvalue weighted by molar-refractivity contribution is 5.99. The first-order valence-corrected chi connectivity index (χ1v) is 6.24. The molecule has 0 aliphatic carbocycles. The lowest BCUT2D eigenvalue weighted by molar-refractivity contribution is -0.124. The van der Waals surface area contributed by atoms with Crippen LogP contribution in [0.5, 0.6) is 0 Å². The molecule has 1 amide bonds. The summed E-state index contributed by atoms with van der Waals surface area (Å²) in [5, 5.41) is 11.8. The van der Waals surface area contributed by atoms with E-state index < -0.39 is 12.0 Å². The van der Waals surface area contributed by atoms with Crippen molar-refractivity contribution in [3.8, 4) is 0 Å². The molecule has 1 atom stereocenters. The fourth-order valence-electron chi connectivity index (χ4n) is 2.31. The maximum Gasteiger partial charge on any atom is 0.337 e. The molecule has 1 aromatic carbocycles. The molecule has 1 aromatic rings. The summed E-state index contributed by atoms with van der Waals surface area (Å²) in [6.07, 6.45) is 0.